The molecule has 2 amide bonds. The molecule has 0 spiro atoms. The van der Waals surface area contributed by atoms with Crippen molar-refractivity contribution in [3.63, 3.8) is 0 Å². The molecular weight excluding hydrogens is 352 g/mol. The number of hydrogen-bond acceptors (Lipinski definition) is 3. The maximum absolute atomic E-state index is 12.8. The molecule has 5 heteroatoms. The van der Waals surface area contributed by atoms with Crippen LogP contribution >= 0.6 is 0 Å². The lowest BCUT2D eigenvalue weighted by atomic mass is 9.92. The average molecular weight is 387 g/mol. The standard InChI is InChI=1S/C23H34N2O3/c1-3-28-21-9-6-19(7-10-21)8-11-22(26)24-15-12-20(13-16-24)23(27)25-14-4-5-18(2)17-25/h6-7,9-10,18,20H,3-5,8,11-17H2,1-2H3. The van der Waals surface area contributed by atoms with Crippen LogP contribution in [0, 0.1) is 11.8 Å². The third-order valence-electron chi connectivity index (χ3n) is 6.03. The Hall–Kier alpha value is -2.04. The van der Waals surface area contributed by atoms with Gasteiger partial charge < -0.3 is 14.5 Å². The highest BCUT2D eigenvalue weighted by Gasteiger charge is 2.31. The van der Waals surface area contributed by atoms with Crippen molar-refractivity contribution in [2.45, 2.75) is 52.4 Å². The van der Waals surface area contributed by atoms with E-state index >= 15 is 0 Å². The maximum Gasteiger partial charge on any atom is 0.225 e. The van der Waals surface area contributed by atoms with Gasteiger partial charge in [0.2, 0.25) is 11.8 Å². The van der Waals surface area contributed by atoms with Gasteiger partial charge in [-0.05, 0) is 62.6 Å². The average Bonchev–Trinajstić information content (AvgIpc) is 2.73. The third-order valence-corrected chi connectivity index (χ3v) is 6.03. The number of benzene rings is 1. The summed E-state index contributed by atoms with van der Waals surface area (Å²) in [4.78, 5) is 29.3. The fraction of sp³-hybridized carbons (Fsp3) is 0.652. The second-order valence-electron chi connectivity index (χ2n) is 8.26. The van der Waals surface area contributed by atoms with Crippen LogP contribution in [0.5, 0.6) is 5.75 Å². The van der Waals surface area contributed by atoms with Gasteiger partial charge in [-0.3, -0.25) is 9.59 Å². The van der Waals surface area contributed by atoms with E-state index in [2.05, 4.69) is 11.8 Å². The first-order valence-electron chi connectivity index (χ1n) is 10.8. The van der Waals surface area contributed by atoms with Gasteiger partial charge in [0.15, 0.2) is 0 Å². The monoisotopic (exact) mass is 386 g/mol. The molecule has 2 saturated heterocycles. The number of aryl methyl sites for hydroxylation is 1. The Labute approximate surface area is 169 Å². The van der Waals surface area contributed by atoms with E-state index in [9.17, 15) is 9.59 Å². The molecule has 0 aromatic heterocycles. The van der Waals surface area contributed by atoms with Crippen molar-refractivity contribution in [1.82, 2.24) is 9.80 Å². The first-order valence-corrected chi connectivity index (χ1v) is 10.8. The van der Waals surface area contributed by atoms with Crippen molar-refractivity contribution < 1.29 is 14.3 Å². The molecule has 0 N–H and O–H groups in total. The predicted molar refractivity (Wildman–Crippen MR) is 110 cm³/mol. The fourth-order valence-corrected chi connectivity index (χ4v) is 4.35. The molecule has 1 unspecified atom stereocenters. The van der Waals surface area contributed by atoms with Crippen LogP contribution in [0.1, 0.15) is 51.5 Å². The summed E-state index contributed by atoms with van der Waals surface area (Å²) < 4.78 is 5.45. The van der Waals surface area contributed by atoms with E-state index in [0.717, 1.165) is 50.1 Å². The summed E-state index contributed by atoms with van der Waals surface area (Å²) in [5.74, 6) is 2.09. The summed E-state index contributed by atoms with van der Waals surface area (Å²) >= 11 is 0. The van der Waals surface area contributed by atoms with Gasteiger partial charge >= 0.3 is 0 Å². The molecule has 2 heterocycles. The van der Waals surface area contributed by atoms with Crippen LogP contribution in [-0.2, 0) is 16.0 Å². The number of nitrogens with zero attached hydrogens (tertiary/aromatic N) is 2. The Kier molecular flexibility index (Phi) is 7.35. The molecule has 3 rings (SSSR count). The van der Waals surface area contributed by atoms with Gasteiger partial charge in [0.25, 0.3) is 0 Å². The summed E-state index contributed by atoms with van der Waals surface area (Å²) in [6, 6.07) is 7.98. The minimum Gasteiger partial charge on any atom is -0.494 e. The van der Waals surface area contributed by atoms with Gasteiger partial charge in [-0.25, -0.2) is 0 Å². The van der Waals surface area contributed by atoms with Crippen molar-refractivity contribution in [3.05, 3.63) is 29.8 Å². The zero-order chi connectivity index (χ0) is 19.9. The number of carbonyl (C=O) groups excluding carboxylic acids is 2. The van der Waals surface area contributed by atoms with E-state index in [1.165, 1.54) is 6.42 Å². The van der Waals surface area contributed by atoms with Crippen LogP contribution in [-0.4, -0.2) is 54.4 Å². The Balaban J connectivity index is 1.41. The highest BCUT2D eigenvalue weighted by molar-refractivity contribution is 5.80. The number of rotatable bonds is 6. The van der Waals surface area contributed by atoms with Gasteiger partial charge in [0.05, 0.1) is 6.61 Å². The minimum absolute atomic E-state index is 0.0976. The number of hydrogen-bond donors (Lipinski definition) is 0. The fourth-order valence-electron chi connectivity index (χ4n) is 4.35. The largest absolute Gasteiger partial charge is 0.494 e. The molecule has 28 heavy (non-hydrogen) atoms. The Morgan fingerprint density at radius 3 is 2.39 bits per heavy atom. The van der Waals surface area contributed by atoms with E-state index < -0.39 is 0 Å². The Bertz CT molecular complexity index is 650. The quantitative estimate of drug-likeness (QED) is 0.752. The maximum atomic E-state index is 12.8. The molecule has 2 aliphatic rings. The summed E-state index contributed by atoms with van der Waals surface area (Å²) in [5, 5.41) is 0. The number of ether oxygens (including phenoxy) is 1. The van der Waals surface area contributed by atoms with Crippen molar-refractivity contribution in [3.8, 4) is 5.75 Å². The molecule has 154 valence electrons. The Morgan fingerprint density at radius 1 is 1.04 bits per heavy atom. The van der Waals surface area contributed by atoms with Crippen LogP contribution in [0.3, 0.4) is 0 Å². The lowest BCUT2D eigenvalue weighted by Crippen LogP contribution is -2.47. The minimum atomic E-state index is 0.0976. The predicted octanol–water partition coefficient (Wildman–Crippen LogP) is 3.52. The van der Waals surface area contributed by atoms with Gasteiger partial charge in [-0.2, -0.15) is 0 Å². The van der Waals surface area contributed by atoms with E-state index in [1.807, 2.05) is 36.1 Å². The van der Waals surface area contributed by atoms with E-state index in [1.54, 1.807) is 0 Å². The molecule has 1 atom stereocenters. The van der Waals surface area contributed by atoms with Crippen molar-refractivity contribution >= 4 is 11.8 Å². The van der Waals surface area contributed by atoms with Gasteiger partial charge in [-0.15, -0.1) is 0 Å². The molecule has 0 saturated carbocycles. The molecule has 0 bridgehead atoms. The Morgan fingerprint density at radius 2 is 1.75 bits per heavy atom. The van der Waals surface area contributed by atoms with Crippen molar-refractivity contribution in [1.29, 1.82) is 0 Å². The molecule has 1 aromatic rings. The highest BCUT2D eigenvalue weighted by Crippen LogP contribution is 2.24. The summed E-state index contributed by atoms with van der Waals surface area (Å²) in [6.07, 6.45) is 5.23. The van der Waals surface area contributed by atoms with Crippen molar-refractivity contribution in [2.24, 2.45) is 11.8 Å². The molecule has 0 aliphatic carbocycles. The molecule has 1 aromatic carbocycles. The number of amides is 2. The first kappa shape index (κ1) is 20.7. The smallest absolute Gasteiger partial charge is 0.225 e. The van der Waals surface area contributed by atoms with E-state index in [0.29, 0.717) is 37.9 Å². The van der Waals surface area contributed by atoms with Crippen LogP contribution in [0.4, 0.5) is 0 Å². The SMILES string of the molecule is CCOc1ccc(CCC(=O)N2CCC(C(=O)N3CCCC(C)C3)CC2)cc1. The second kappa shape index (κ2) is 9.94. The summed E-state index contributed by atoms with van der Waals surface area (Å²) in [5.41, 5.74) is 1.15. The molecule has 2 aliphatic heterocycles. The first-order chi connectivity index (χ1) is 13.6. The molecular formula is C23H34N2O3. The topological polar surface area (TPSA) is 49.9 Å². The van der Waals surface area contributed by atoms with E-state index in [4.69, 9.17) is 4.74 Å². The normalized spacial score (nSPS) is 20.9. The lowest BCUT2D eigenvalue weighted by molar-refractivity contribution is -0.142. The zero-order valence-corrected chi connectivity index (χ0v) is 17.4. The van der Waals surface area contributed by atoms with Crippen LogP contribution < -0.4 is 4.74 Å². The third kappa shape index (κ3) is 5.49. The number of carbonyl (C=O) groups is 2. The van der Waals surface area contributed by atoms with Gasteiger partial charge in [0, 0.05) is 38.5 Å². The van der Waals surface area contributed by atoms with Gasteiger partial charge in [0.1, 0.15) is 5.75 Å². The van der Waals surface area contributed by atoms with Crippen LogP contribution in [0.2, 0.25) is 0 Å². The van der Waals surface area contributed by atoms with Crippen molar-refractivity contribution in [2.75, 3.05) is 32.8 Å². The lowest BCUT2D eigenvalue weighted by Gasteiger charge is -2.37. The van der Waals surface area contributed by atoms with Gasteiger partial charge in [-0.1, -0.05) is 19.1 Å². The number of likely N-dealkylation sites (tertiary alicyclic amines) is 2. The highest BCUT2D eigenvalue weighted by atomic mass is 16.5. The second-order valence-corrected chi connectivity index (χ2v) is 8.26. The van der Waals surface area contributed by atoms with Crippen LogP contribution in [0.25, 0.3) is 0 Å². The summed E-state index contributed by atoms with van der Waals surface area (Å²) in [6.45, 7) is 8.09. The number of piperidine rings is 2. The van der Waals surface area contributed by atoms with E-state index in [-0.39, 0.29) is 11.8 Å². The molecule has 0 radical (unpaired) electrons. The summed E-state index contributed by atoms with van der Waals surface area (Å²) in [7, 11) is 0. The molecule has 2 fully saturated rings. The molecule has 5 nitrogen and oxygen atoms in total. The van der Waals surface area contributed by atoms with Crippen LogP contribution in [0.15, 0.2) is 24.3 Å². The zero-order valence-electron chi connectivity index (χ0n) is 17.4.